The van der Waals surface area contributed by atoms with Gasteiger partial charge < -0.3 is 14.6 Å². The van der Waals surface area contributed by atoms with Gasteiger partial charge in [0.15, 0.2) is 11.5 Å². The molecule has 35 heavy (non-hydrogen) atoms. The van der Waals surface area contributed by atoms with Crippen molar-refractivity contribution in [2.75, 3.05) is 6.54 Å². The third-order valence-corrected chi connectivity index (χ3v) is 6.58. The highest BCUT2D eigenvalue weighted by atomic mass is 19.4. The number of nitriles is 1. The largest absolute Gasteiger partial charge is 0.424 e. The Balaban J connectivity index is 1.44. The van der Waals surface area contributed by atoms with Crippen molar-refractivity contribution in [2.45, 2.75) is 57.1 Å². The lowest BCUT2D eigenvalue weighted by Crippen LogP contribution is -2.45. The van der Waals surface area contributed by atoms with E-state index in [9.17, 15) is 23.1 Å². The first-order valence-corrected chi connectivity index (χ1v) is 11.3. The molecule has 8 nitrogen and oxygen atoms in total. The highest BCUT2D eigenvalue weighted by Crippen LogP contribution is 2.41. The number of hydrogen-bond donors (Lipinski definition) is 1. The van der Waals surface area contributed by atoms with Gasteiger partial charge in [-0.1, -0.05) is 12.1 Å². The van der Waals surface area contributed by atoms with Crippen LogP contribution < -0.4 is 0 Å². The second-order valence-corrected chi connectivity index (χ2v) is 9.33. The van der Waals surface area contributed by atoms with Crippen LogP contribution in [-0.2, 0) is 12.1 Å². The molecule has 5 rings (SSSR count). The summed E-state index contributed by atoms with van der Waals surface area (Å²) in [5.41, 5.74) is -0.301. The number of fused-ring (bicyclic) bond motifs is 1. The smallest absolute Gasteiger partial charge is 0.374 e. The quantitative estimate of drug-likeness (QED) is 0.605. The van der Waals surface area contributed by atoms with Gasteiger partial charge in [0.05, 0.1) is 47.8 Å². The number of aliphatic hydroxyl groups is 1. The Morgan fingerprint density at radius 2 is 1.91 bits per heavy atom. The number of hydrogen-bond acceptors (Lipinski definition) is 5. The zero-order valence-electron chi connectivity index (χ0n) is 19.1. The molecule has 2 atom stereocenters. The topological polar surface area (TPSA) is 100.0 Å². The minimum Gasteiger partial charge on any atom is -0.374 e. The molecule has 182 valence electrons. The maximum Gasteiger partial charge on any atom is 0.424 e. The fraction of sp³-hybridized carbons (Fsp3) is 0.417. The number of rotatable bonds is 4. The first kappa shape index (κ1) is 23.1. The molecule has 2 aromatic heterocycles. The second-order valence-electron chi connectivity index (χ2n) is 9.33. The first-order chi connectivity index (χ1) is 16.5. The molecule has 1 saturated carbocycles. The maximum atomic E-state index is 13.4. The lowest BCUT2D eigenvalue weighted by molar-refractivity contribution is -0.263. The van der Waals surface area contributed by atoms with Gasteiger partial charge in [0, 0.05) is 6.54 Å². The lowest BCUT2D eigenvalue weighted by atomic mass is 10.0. The minimum absolute atomic E-state index is 0.0482. The van der Waals surface area contributed by atoms with E-state index < -0.39 is 23.6 Å². The Bertz CT molecular complexity index is 1330. The molecule has 0 saturated heterocycles. The van der Waals surface area contributed by atoms with Crippen LogP contribution in [0, 0.1) is 11.3 Å². The molecule has 2 unspecified atom stereocenters. The van der Waals surface area contributed by atoms with Crippen LogP contribution >= 0.6 is 0 Å². The second kappa shape index (κ2) is 7.95. The van der Waals surface area contributed by atoms with Gasteiger partial charge in [-0.3, -0.25) is 9.48 Å². The number of aromatic nitrogens is 4. The van der Waals surface area contributed by atoms with Crippen LogP contribution in [0.4, 0.5) is 13.2 Å². The van der Waals surface area contributed by atoms with Gasteiger partial charge in [0.1, 0.15) is 0 Å². The number of halogens is 3. The van der Waals surface area contributed by atoms with E-state index in [1.165, 1.54) is 15.7 Å². The summed E-state index contributed by atoms with van der Waals surface area (Å²) >= 11 is 0. The number of amides is 1. The van der Waals surface area contributed by atoms with Crippen molar-refractivity contribution in [3.8, 4) is 17.3 Å². The Hall–Kier alpha value is -3.65. The Labute approximate surface area is 199 Å². The Morgan fingerprint density at radius 3 is 2.51 bits per heavy atom. The number of nitrogens with zero attached hydrogens (tertiary/aromatic N) is 6. The van der Waals surface area contributed by atoms with Crippen molar-refractivity contribution in [3.05, 3.63) is 59.3 Å². The lowest BCUT2D eigenvalue weighted by Gasteiger charge is -2.35. The van der Waals surface area contributed by atoms with E-state index in [0.717, 1.165) is 24.1 Å². The fourth-order valence-corrected chi connectivity index (χ4v) is 4.50. The molecule has 3 heterocycles. The van der Waals surface area contributed by atoms with Crippen molar-refractivity contribution in [1.82, 2.24) is 24.2 Å². The molecule has 3 aromatic rings. The molecule has 0 spiro atoms. The number of imidazole rings is 1. The molecule has 1 N–H and O–H groups in total. The van der Waals surface area contributed by atoms with Gasteiger partial charge in [-0.15, -0.1) is 0 Å². The van der Waals surface area contributed by atoms with Gasteiger partial charge in [-0.2, -0.15) is 23.5 Å². The van der Waals surface area contributed by atoms with Crippen molar-refractivity contribution in [2.24, 2.45) is 0 Å². The van der Waals surface area contributed by atoms with Crippen LogP contribution in [0.3, 0.4) is 0 Å². The summed E-state index contributed by atoms with van der Waals surface area (Å²) in [5, 5.41) is 23.8. The van der Waals surface area contributed by atoms with Crippen molar-refractivity contribution in [1.29, 1.82) is 5.26 Å². The maximum absolute atomic E-state index is 13.4. The van der Waals surface area contributed by atoms with Gasteiger partial charge in [-0.25, -0.2) is 4.98 Å². The van der Waals surface area contributed by atoms with Gasteiger partial charge in [0.25, 0.3) is 5.91 Å². The predicted molar refractivity (Wildman–Crippen MR) is 118 cm³/mol. The summed E-state index contributed by atoms with van der Waals surface area (Å²) in [7, 11) is 0. The average Bonchev–Trinajstić information content (AvgIpc) is 3.40. The third-order valence-electron chi connectivity index (χ3n) is 6.58. The Kier molecular flexibility index (Phi) is 5.25. The molecular formula is C24H23F3N6O2. The number of alkyl halides is 3. The zero-order chi connectivity index (χ0) is 25.1. The summed E-state index contributed by atoms with van der Waals surface area (Å²) in [6, 6.07) is 10.5. The fourth-order valence-electron chi connectivity index (χ4n) is 4.50. The number of benzene rings is 1. The summed E-state index contributed by atoms with van der Waals surface area (Å²) in [4.78, 5) is 18.8. The molecule has 1 fully saturated rings. The summed E-state index contributed by atoms with van der Waals surface area (Å²) in [6.07, 6.45) is -1.70. The standard InChI is InChI=1S/C24H23F3N6O2/c1-14-12-31(13-18-11-29-22(32(14)18)23(2,35)24(25,26)27)21(34)19-9-20(33(30-19)17-7-8-17)16-5-3-15(10-28)4-6-16/h3-6,9,11,14,17,35H,7-8,12-13H2,1-2H3. The highest BCUT2D eigenvalue weighted by Gasteiger charge is 2.55. The first-order valence-electron chi connectivity index (χ1n) is 11.3. The van der Waals surface area contributed by atoms with Crippen molar-refractivity contribution in [3.63, 3.8) is 0 Å². The van der Waals surface area contributed by atoms with E-state index in [1.54, 1.807) is 25.1 Å². The van der Waals surface area contributed by atoms with E-state index in [4.69, 9.17) is 5.26 Å². The Morgan fingerprint density at radius 1 is 1.23 bits per heavy atom. The monoisotopic (exact) mass is 484 g/mol. The molecule has 1 aromatic carbocycles. The highest BCUT2D eigenvalue weighted by molar-refractivity contribution is 5.93. The van der Waals surface area contributed by atoms with E-state index in [0.29, 0.717) is 18.2 Å². The van der Waals surface area contributed by atoms with E-state index in [-0.39, 0.29) is 30.7 Å². The molecular weight excluding hydrogens is 461 g/mol. The van der Waals surface area contributed by atoms with Crippen molar-refractivity contribution >= 4 is 5.91 Å². The zero-order valence-corrected chi connectivity index (χ0v) is 19.1. The van der Waals surface area contributed by atoms with Crippen LogP contribution in [0.1, 0.15) is 66.3 Å². The number of carbonyl (C=O) groups is 1. The molecule has 0 bridgehead atoms. The number of carbonyl (C=O) groups excluding carboxylic acids is 1. The van der Waals surface area contributed by atoms with E-state index in [1.807, 2.05) is 16.8 Å². The molecule has 11 heteroatoms. The van der Waals surface area contributed by atoms with Gasteiger partial charge in [0.2, 0.25) is 5.60 Å². The van der Waals surface area contributed by atoms with Crippen LogP contribution in [-0.4, -0.2) is 48.0 Å². The average molecular weight is 484 g/mol. The molecule has 1 aliphatic carbocycles. The third kappa shape index (κ3) is 3.87. The van der Waals surface area contributed by atoms with Crippen LogP contribution in [0.5, 0.6) is 0 Å². The SMILES string of the molecule is CC1CN(C(=O)c2cc(-c3ccc(C#N)cc3)n(C3CC3)n2)Cc2cnc(C(C)(O)C(F)(F)F)n21. The molecule has 1 amide bonds. The normalized spacial score (nSPS) is 19.7. The minimum atomic E-state index is -4.89. The summed E-state index contributed by atoms with van der Waals surface area (Å²) < 4.78 is 43.5. The van der Waals surface area contributed by atoms with E-state index in [2.05, 4.69) is 16.2 Å². The van der Waals surface area contributed by atoms with Crippen LogP contribution in [0.25, 0.3) is 11.3 Å². The van der Waals surface area contributed by atoms with Crippen LogP contribution in [0.15, 0.2) is 36.5 Å². The molecule has 2 aliphatic rings. The van der Waals surface area contributed by atoms with E-state index >= 15 is 0 Å². The predicted octanol–water partition coefficient (Wildman–Crippen LogP) is 3.94. The van der Waals surface area contributed by atoms with Crippen LogP contribution in [0.2, 0.25) is 0 Å². The summed E-state index contributed by atoms with van der Waals surface area (Å²) in [6.45, 7) is 2.56. The summed E-state index contributed by atoms with van der Waals surface area (Å²) in [5.74, 6) is -0.816. The van der Waals surface area contributed by atoms with Gasteiger partial charge in [-0.05, 0) is 50.5 Å². The van der Waals surface area contributed by atoms with Gasteiger partial charge >= 0.3 is 6.18 Å². The van der Waals surface area contributed by atoms with Crippen molar-refractivity contribution < 1.29 is 23.1 Å². The molecule has 1 aliphatic heterocycles. The molecule has 0 radical (unpaired) electrons.